The van der Waals surface area contributed by atoms with Gasteiger partial charge in [-0.15, -0.1) is 0 Å². The van der Waals surface area contributed by atoms with E-state index in [9.17, 15) is 13.6 Å². The van der Waals surface area contributed by atoms with Crippen LogP contribution in [-0.4, -0.2) is 19.2 Å². The number of benzene rings is 1. The number of amides is 2. The van der Waals surface area contributed by atoms with Crippen molar-refractivity contribution in [2.24, 2.45) is 0 Å². The van der Waals surface area contributed by atoms with Gasteiger partial charge >= 0.3 is 12.6 Å². The van der Waals surface area contributed by atoms with Gasteiger partial charge in [-0.05, 0) is 17.7 Å². The van der Waals surface area contributed by atoms with Gasteiger partial charge in [-0.3, -0.25) is 0 Å². The zero-order valence-electron chi connectivity index (χ0n) is 8.24. The first kappa shape index (κ1) is 10.7. The number of carbonyl (C=O) groups excluding carboxylic acids is 1. The van der Waals surface area contributed by atoms with Gasteiger partial charge in [0.25, 0.3) is 0 Å². The molecule has 0 radical (unpaired) electrons. The summed E-state index contributed by atoms with van der Waals surface area (Å²) in [7, 11) is 0. The summed E-state index contributed by atoms with van der Waals surface area (Å²) < 4.78 is 28.0. The second kappa shape index (κ2) is 4.34. The summed E-state index contributed by atoms with van der Waals surface area (Å²) in [6.07, 6.45) is 0. The molecule has 0 unspecified atom stereocenters. The molecule has 2 rings (SSSR count). The molecule has 6 heteroatoms. The highest BCUT2D eigenvalue weighted by molar-refractivity contribution is 5.76. The maximum Gasteiger partial charge on any atom is 0.387 e. The first-order valence-corrected chi connectivity index (χ1v) is 4.74. The smallest absolute Gasteiger partial charge is 0.387 e. The van der Waals surface area contributed by atoms with Gasteiger partial charge in [0.2, 0.25) is 0 Å². The number of nitrogens with one attached hydrogen (secondary N) is 2. The minimum absolute atomic E-state index is 0.107. The van der Waals surface area contributed by atoms with Gasteiger partial charge < -0.3 is 15.4 Å². The van der Waals surface area contributed by atoms with Crippen molar-refractivity contribution < 1.29 is 18.3 Å². The molecular weight excluding hydrogens is 218 g/mol. The first-order valence-electron chi connectivity index (χ1n) is 4.74. The Morgan fingerprint density at radius 3 is 2.50 bits per heavy atom. The van der Waals surface area contributed by atoms with Crippen LogP contribution in [0.2, 0.25) is 0 Å². The van der Waals surface area contributed by atoms with Gasteiger partial charge in [0.15, 0.2) is 0 Å². The van der Waals surface area contributed by atoms with E-state index in [1.165, 1.54) is 12.1 Å². The van der Waals surface area contributed by atoms with Crippen LogP contribution in [0.25, 0.3) is 0 Å². The van der Waals surface area contributed by atoms with Crippen LogP contribution in [0.3, 0.4) is 0 Å². The van der Waals surface area contributed by atoms with Gasteiger partial charge in [0, 0.05) is 6.54 Å². The lowest BCUT2D eigenvalue weighted by atomic mass is 10.1. The predicted molar refractivity (Wildman–Crippen MR) is 52.3 cm³/mol. The molecule has 0 saturated carbocycles. The fourth-order valence-electron chi connectivity index (χ4n) is 1.54. The van der Waals surface area contributed by atoms with Gasteiger partial charge in [0.1, 0.15) is 5.75 Å². The van der Waals surface area contributed by atoms with Crippen molar-refractivity contribution in [1.29, 1.82) is 0 Å². The first-order chi connectivity index (χ1) is 7.65. The normalized spacial score (nSPS) is 19.4. The Kier molecular flexibility index (Phi) is 2.89. The maximum absolute atomic E-state index is 11.9. The zero-order chi connectivity index (χ0) is 11.5. The third kappa shape index (κ3) is 2.39. The Hall–Kier alpha value is -1.85. The SMILES string of the molecule is O=C1NC[C@@H](c2ccc(OC(F)F)cc2)N1. The van der Waals surface area contributed by atoms with Crippen molar-refractivity contribution in [1.82, 2.24) is 10.6 Å². The van der Waals surface area contributed by atoms with E-state index in [1.54, 1.807) is 12.1 Å². The second-order valence-electron chi connectivity index (χ2n) is 3.35. The molecule has 1 saturated heterocycles. The summed E-state index contributed by atoms with van der Waals surface area (Å²) in [4.78, 5) is 10.9. The van der Waals surface area contributed by atoms with Crippen molar-refractivity contribution in [3.8, 4) is 5.75 Å². The molecule has 16 heavy (non-hydrogen) atoms. The maximum atomic E-state index is 11.9. The average molecular weight is 228 g/mol. The van der Waals surface area contributed by atoms with E-state index in [0.717, 1.165) is 5.56 Å². The Balaban J connectivity index is 2.04. The highest BCUT2D eigenvalue weighted by Gasteiger charge is 2.21. The molecule has 2 amide bonds. The number of ether oxygens (including phenoxy) is 1. The Labute approximate surface area is 90.6 Å². The third-order valence-corrected chi connectivity index (χ3v) is 2.28. The molecule has 1 aromatic rings. The van der Waals surface area contributed by atoms with E-state index in [-0.39, 0.29) is 17.8 Å². The second-order valence-corrected chi connectivity index (χ2v) is 3.35. The molecule has 86 valence electrons. The van der Waals surface area contributed by atoms with Gasteiger partial charge in [-0.25, -0.2) is 4.79 Å². The molecule has 1 aromatic carbocycles. The quantitative estimate of drug-likeness (QED) is 0.826. The molecule has 1 heterocycles. The van der Waals surface area contributed by atoms with Crippen LogP contribution in [0.4, 0.5) is 13.6 Å². The molecule has 1 aliphatic rings. The van der Waals surface area contributed by atoms with E-state index in [4.69, 9.17) is 0 Å². The number of urea groups is 1. The Bertz CT molecular complexity index is 381. The topological polar surface area (TPSA) is 50.4 Å². The number of carbonyl (C=O) groups is 1. The highest BCUT2D eigenvalue weighted by Crippen LogP contribution is 2.20. The molecule has 2 N–H and O–H groups in total. The van der Waals surface area contributed by atoms with Crippen LogP contribution in [0.1, 0.15) is 11.6 Å². The molecule has 1 aliphatic heterocycles. The number of alkyl halides is 2. The summed E-state index contributed by atoms with van der Waals surface area (Å²) in [6, 6.07) is 5.86. The van der Waals surface area contributed by atoms with E-state index in [1.807, 2.05) is 0 Å². The van der Waals surface area contributed by atoms with Crippen molar-refractivity contribution in [3.05, 3.63) is 29.8 Å². The summed E-state index contributed by atoms with van der Waals surface area (Å²) in [5.41, 5.74) is 0.847. The molecule has 0 aliphatic carbocycles. The van der Waals surface area contributed by atoms with Crippen LogP contribution in [0.15, 0.2) is 24.3 Å². The lowest BCUT2D eigenvalue weighted by molar-refractivity contribution is -0.0498. The van der Waals surface area contributed by atoms with Gasteiger partial charge in [-0.1, -0.05) is 12.1 Å². The van der Waals surface area contributed by atoms with E-state index in [2.05, 4.69) is 15.4 Å². The van der Waals surface area contributed by atoms with Crippen LogP contribution >= 0.6 is 0 Å². The average Bonchev–Trinajstić information content (AvgIpc) is 2.65. The monoisotopic (exact) mass is 228 g/mol. The summed E-state index contributed by atoms with van der Waals surface area (Å²) >= 11 is 0. The number of halogens is 2. The Morgan fingerprint density at radius 1 is 1.31 bits per heavy atom. The van der Waals surface area contributed by atoms with Crippen LogP contribution in [0, 0.1) is 0 Å². The van der Waals surface area contributed by atoms with Gasteiger partial charge in [-0.2, -0.15) is 8.78 Å². The molecule has 0 spiro atoms. The van der Waals surface area contributed by atoms with Gasteiger partial charge in [0.05, 0.1) is 6.04 Å². The molecule has 1 atom stereocenters. The highest BCUT2D eigenvalue weighted by atomic mass is 19.3. The third-order valence-electron chi connectivity index (χ3n) is 2.28. The van der Waals surface area contributed by atoms with Crippen molar-refractivity contribution in [3.63, 3.8) is 0 Å². The van der Waals surface area contributed by atoms with Crippen LogP contribution in [0.5, 0.6) is 5.75 Å². The van der Waals surface area contributed by atoms with E-state index in [0.29, 0.717) is 6.54 Å². The van der Waals surface area contributed by atoms with E-state index < -0.39 is 6.61 Å². The Morgan fingerprint density at radius 2 is 2.00 bits per heavy atom. The van der Waals surface area contributed by atoms with Crippen molar-refractivity contribution >= 4 is 6.03 Å². The van der Waals surface area contributed by atoms with Crippen LogP contribution < -0.4 is 15.4 Å². The molecule has 0 aromatic heterocycles. The molecular formula is C10H10F2N2O2. The van der Waals surface area contributed by atoms with Crippen molar-refractivity contribution in [2.75, 3.05) is 6.54 Å². The lowest BCUT2D eigenvalue weighted by Gasteiger charge is -2.10. The van der Waals surface area contributed by atoms with Crippen LogP contribution in [-0.2, 0) is 0 Å². The predicted octanol–water partition coefficient (Wildman–Crippen LogP) is 1.64. The molecule has 4 nitrogen and oxygen atoms in total. The zero-order valence-corrected chi connectivity index (χ0v) is 8.24. The summed E-state index contributed by atoms with van der Waals surface area (Å²) in [5, 5.41) is 5.30. The van der Waals surface area contributed by atoms with Crippen molar-refractivity contribution in [2.45, 2.75) is 12.7 Å². The summed E-state index contributed by atoms with van der Waals surface area (Å²) in [6.45, 7) is -2.33. The molecule has 1 fully saturated rings. The fourth-order valence-corrected chi connectivity index (χ4v) is 1.54. The fraction of sp³-hybridized carbons (Fsp3) is 0.300. The number of rotatable bonds is 3. The minimum atomic E-state index is -2.82. The minimum Gasteiger partial charge on any atom is -0.435 e. The molecule has 0 bridgehead atoms. The lowest BCUT2D eigenvalue weighted by Crippen LogP contribution is -2.21. The largest absolute Gasteiger partial charge is 0.435 e. The van der Waals surface area contributed by atoms with E-state index >= 15 is 0 Å². The number of hydrogen-bond acceptors (Lipinski definition) is 2. The summed E-state index contributed by atoms with van der Waals surface area (Å²) in [5.74, 6) is 0.107. The standard InChI is InChI=1S/C10H10F2N2O2/c11-9(12)16-7-3-1-6(2-4-7)8-5-13-10(15)14-8/h1-4,8-9H,5H2,(H2,13,14,15)/t8-/m0/s1. The number of hydrogen-bond donors (Lipinski definition) is 2.